The molecule has 0 aliphatic carbocycles. The molecule has 0 unspecified atom stereocenters. The predicted molar refractivity (Wildman–Crippen MR) is 135 cm³/mol. The van der Waals surface area contributed by atoms with Crippen molar-refractivity contribution < 1.29 is 13.2 Å². The van der Waals surface area contributed by atoms with Crippen molar-refractivity contribution in [1.82, 2.24) is 0 Å². The molecular formula is C27H32N2O3S. The van der Waals surface area contributed by atoms with E-state index < -0.39 is 10.0 Å². The summed E-state index contributed by atoms with van der Waals surface area (Å²) in [6, 6.07) is 19.9. The van der Waals surface area contributed by atoms with E-state index in [-0.39, 0.29) is 23.3 Å². The number of carbonyl (C=O) groups is 1. The van der Waals surface area contributed by atoms with Crippen LogP contribution in [0.1, 0.15) is 48.9 Å². The number of carbonyl (C=O) groups excluding carboxylic acids is 1. The van der Waals surface area contributed by atoms with Gasteiger partial charge in [-0.15, -0.1) is 0 Å². The fraction of sp³-hybridized carbons (Fsp3) is 0.296. The Morgan fingerprint density at radius 1 is 0.939 bits per heavy atom. The van der Waals surface area contributed by atoms with E-state index in [1.54, 1.807) is 36.4 Å². The van der Waals surface area contributed by atoms with E-state index in [9.17, 15) is 13.2 Å². The number of nitrogens with zero attached hydrogens (tertiary/aromatic N) is 1. The third kappa shape index (κ3) is 5.45. The highest BCUT2D eigenvalue weighted by atomic mass is 32.2. The van der Waals surface area contributed by atoms with Crippen molar-refractivity contribution in [3.63, 3.8) is 0 Å². The van der Waals surface area contributed by atoms with Gasteiger partial charge in [0.25, 0.3) is 10.0 Å². The minimum atomic E-state index is -3.95. The smallest absolute Gasteiger partial charge is 0.264 e. The number of para-hydroxylation sites is 2. The van der Waals surface area contributed by atoms with Crippen molar-refractivity contribution in [2.24, 2.45) is 0 Å². The largest absolute Gasteiger partial charge is 0.324 e. The van der Waals surface area contributed by atoms with Crippen LogP contribution in [0.2, 0.25) is 0 Å². The van der Waals surface area contributed by atoms with Crippen LogP contribution in [0.15, 0.2) is 71.6 Å². The maximum atomic E-state index is 13.7. The molecule has 33 heavy (non-hydrogen) atoms. The molecule has 6 heteroatoms. The summed E-state index contributed by atoms with van der Waals surface area (Å²) >= 11 is 0. The van der Waals surface area contributed by atoms with E-state index in [1.807, 2.05) is 51.1 Å². The molecule has 174 valence electrons. The minimum Gasteiger partial charge on any atom is -0.324 e. The molecule has 0 atom stereocenters. The molecule has 3 aromatic carbocycles. The lowest BCUT2D eigenvalue weighted by Gasteiger charge is -2.26. The van der Waals surface area contributed by atoms with Gasteiger partial charge in [0.2, 0.25) is 5.91 Å². The zero-order chi connectivity index (χ0) is 24.2. The van der Waals surface area contributed by atoms with Crippen LogP contribution in [0.3, 0.4) is 0 Å². The van der Waals surface area contributed by atoms with E-state index in [1.165, 1.54) is 4.31 Å². The summed E-state index contributed by atoms with van der Waals surface area (Å²) in [5.74, 6) is -0.166. The van der Waals surface area contributed by atoms with E-state index >= 15 is 0 Å². The van der Waals surface area contributed by atoms with Crippen molar-refractivity contribution in [2.45, 2.75) is 51.9 Å². The third-order valence-corrected chi connectivity index (χ3v) is 7.50. The molecule has 0 fully saturated rings. The molecule has 0 aliphatic heterocycles. The quantitative estimate of drug-likeness (QED) is 0.457. The van der Waals surface area contributed by atoms with Crippen LogP contribution in [0.5, 0.6) is 0 Å². The molecule has 1 N–H and O–H groups in total. The fourth-order valence-electron chi connectivity index (χ4n) is 3.84. The molecule has 5 nitrogen and oxygen atoms in total. The molecule has 1 amide bonds. The first-order valence-electron chi connectivity index (χ1n) is 11.2. The van der Waals surface area contributed by atoms with E-state index in [4.69, 9.17) is 0 Å². The monoisotopic (exact) mass is 464 g/mol. The Morgan fingerprint density at radius 2 is 1.61 bits per heavy atom. The van der Waals surface area contributed by atoms with Crippen LogP contribution < -0.4 is 9.62 Å². The van der Waals surface area contributed by atoms with Crippen LogP contribution in [0.4, 0.5) is 11.4 Å². The number of nitrogens with one attached hydrogen (secondary N) is 1. The Labute approximate surface area is 197 Å². The lowest BCUT2D eigenvalue weighted by molar-refractivity contribution is -0.114. The number of aryl methyl sites for hydroxylation is 3. The maximum absolute atomic E-state index is 13.7. The van der Waals surface area contributed by atoms with Crippen molar-refractivity contribution in [2.75, 3.05) is 16.2 Å². The van der Waals surface area contributed by atoms with Gasteiger partial charge in [0, 0.05) is 5.69 Å². The van der Waals surface area contributed by atoms with Crippen molar-refractivity contribution in [1.29, 1.82) is 0 Å². The molecule has 0 spiro atoms. The van der Waals surface area contributed by atoms with Gasteiger partial charge >= 0.3 is 0 Å². The SMILES string of the molecule is CCc1ccccc1N(CC(=O)Nc1c(C)cccc1C(C)C)S(=O)(=O)c1ccc(C)cc1. The van der Waals surface area contributed by atoms with Gasteiger partial charge in [-0.25, -0.2) is 8.42 Å². The summed E-state index contributed by atoms with van der Waals surface area (Å²) in [6.07, 6.45) is 0.646. The lowest BCUT2D eigenvalue weighted by atomic mass is 9.98. The van der Waals surface area contributed by atoms with Gasteiger partial charge in [0.05, 0.1) is 10.6 Å². The second kappa shape index (κ2) is 10.2. The Kier molecular flexibility index (Phi) is 7.59. The number of amides is 1. The normalized spacial score (nSPS) is 11.5. The molecule has 0 saturated heterocycles. The molecule has 3 rings (SSSR count). The summed E-state index contributed by atoms with van der Waals surface area (Å²) in [4.78, 5) is 13.4. The summed E-state index contributed by atoms with van der Waals surface area (Å²) in [5.41, 5.74) is 5.05. The van der Waals surface area contributed by atoms with E-state index in [2.05, 4.69) is 19.2 Å². The van der Waals surface area contributed by atoms with Gasteiger partial charge in [0.1, 0.15) is 6.54 Å². The van der Waals surface area contributed by atoms with E-state index in [0.29, 0.717) is 12.1 Å². The zero-order valence-electron chi connectivity index (χ0n) is 19.9. The first-order valence-corrected chi connectivity index (χ1v) is 12.7. The number of anilines is 2. The lowest BCUT2D eigenvalue weighted by Crippen LogP contribution is -2.39. The second-order valence-corrected chi connectivity index (χ2v) is 10.4. The summed E-state index contributed by atoms with van der Waals surface area (Å²) in [7, 11) is -3.95. The maximum Gasteiger partial charge on any atom is 0.264 e. The summed E-state index contributed by atoms with van der Waals surface area (Å²) in [6.45, 7) is 9.63. The molecule has 0 radical (unpaired) electrons. The van der Waals surface area contributed by atoms with E-state index in [0.717, 1.165) is 27.9 Å². The number of benzene rings is 3. The van der Waals surface area contributed by atoms with Gasteiger partial charge in [-0.2, -0.15) is 0 Å². The number of hydrogen-bond acceptors (Lipinski definition) is 3. The zero-order valence-corrected chi connectivity index (χ0v) is 20.7. The molecule has 0 bridgehead atoms. The highest BCUT2D eigenvalue weighted by molar-refractivity contribution is 7.92. The second-order valence-electron chi connectivity index (χ2n) is 8.55. The number of hydrogen-bond donors (Lipinski definition) is 1. The van der Waals surface area contributed by atoms with Gasteiger partial charge in [-0.3, -0.25) is 9.10 Å². The highest BCUT2D eigenvalue weighted by Gasteiger charge is 2.29. The van der Waals surface area contributed by atoms with Crippen LogP contribution in [-0.2, 0) is 21.2 Å². The first-order chi connectivity index (χ1) is 15.6. The van der Waals surface area contributed by atoms with Gasteiger partial charge in [-0.05, 0) is 61.1 Å². The average molecular weight is 465 g/mol. The standard InChI is InChI=1S/C27H32N2O3S/c1-6-22-11-7-8-13-25(22)29(33(31,32)23-16-14-20(4)15-17-23)18-26(30)28-27-21(5)10-9-12-24(27)19(2)3/h7-17,19H,6,18H2,1-5H3,(H,28,30). The van der Waals surface area contributed by atoms with Crippen LogP contribution in [-0.4, -0.2) is 20.9 Å². The van der Waals surface area contributed by atoms with Gasteiger partial charge < -0.3 is 5.32 Å². The summed E-state index contributed by atoms with van der Waals surface area (Å²) < 4.78 is 28.6. The fourth-order valence-corrected chi connectivity index (χ4v) is 5.30. The molecule has 0 aliphatic rings. The third-order valence-electron chi connectivity index (χ3n) is 5.73. The molecule has 0 aromatic heterocycles. The Balaban J connectivity index is 2.03. The first kappa shape index (κ1) is 24.5. The summed E-state index contributed by atoms with van der Waals surface area (Å²) in [5, 5.41) is 2.99. The Hall–Kier alpha value is -3.12. The van der Waals surface area contributed by atoms with Crippen LogP contribution in [0.25, 0.3) is 0 Å². The predicted octanol–water partition coefficient (Wildman–Crippen LogP) is 5.82. The van der Waals surface area contributed by atoms with Crippen LogP contribution in [0, 0.1) is 13.8 Å². The number of rotatable bonds is 8. The number of sulfonamides is 1. The topological polar surface area (TPSA) is 66.5 Å². The van der Waals surface area contributed by atoms with Crippen molar-refractivity contribution in [3.8, 4) is 0 Å². The van der Waals surface area contributed by atoms with Gasteiger partial charge in [0.15, 0.2) is 0 Å². The Bertz CT molecular complexity index is 1230. The van der Waals surface area contributed by atoms with Crippen molar-refractivity contribution >= 4 is 27.3 Å². The Morgan fingerprint density at radius 3 is 2.24 bits per heavy atom. The molecule has 0 heterocycles. The molecule has 0 saturated carbocycles. The molecule has 3 aromatic rings. The van der Waals surface area contributed by atoms with Gasteiger partial charge in [-0.1, -0.05) is 74.9 Å². The molecular weight excluding hydrogens is 432 g/mol. The van der Waals surface area contributed by atoms with Crippen molar-refractivity contribution in [3.05, 3.63) is 89.0 Å². The highest BCUT2D eigenvalue weighted by Crippen LogP contribution is 2.30. The van der Waals surface area contributed by atoms with Crippen LogP contribution >= 0.6 is 0 Å². The minimum absolute atomic E-state index is 0.158. The average Bonchev–Trinajstić information content (AvgIpc) is 2.78.